The third-order valence-electron chi connectivity index (χ3n) is 1.65. The Hall–Kier alpha value is -0.632. The molecule has 0 unspecified atom stereocenters. The summed E-state index contributed by atoms with van der Waals surface area (Å²) >= 11 is -2.07. The Morgan fingerprint density at radius 2 is 2.17 bits per heavy atom. The molecule has 0 saturated heterocycles. The molecule has 0 aliphatic heterocycles. The SMILES string of the molecule is [CH3][W]([C]1=CC=CC1)[CH](N=O)N=O. The average molecular weight is 337 g/mol. The van der Waals surface area contributed by atoms with Gasteiger partial charge in [0.2, 0.25) is 0 Å². The van der Waals surface area contributed by atoms with Crippen LogP contribution in [0.25, 0.3) is 0 Å². The first-order chi connectivity index (χ1) is 5.79. The van der Waals surface area contributed by atoms with Crippen molar-refractivity contribution in [3.05, 3.63) is 32.0 Å². The van der Waals surface area contributed by atoms with Gasteiger partial charge in [0.05, 0.1) is 0 Å². The Morgan fingerprint density at radius 3 is 2.58 bits per heavy atom. The molecule has 0 fully saturated rings. The summed E-state index contributed by atoms with van der Waals surface area (Å²) in [6, 6.07) is 0. The van der Waals surface area contributed by atoms with Crippen LogP contribution in [0.3, 0.4) is 0 Å². The predicted octanol–water partition coefficient (Wildman–Crippen LogP) is 2.31. The molecule has 12 heavy (non-hydrogen) atoms. The number of nitroso groups, excluding NO2 is 2. The van der Waals surface area contributed by atoms with E-state index in [1.54, 1.807) is 0 Å². The first-order valence-electron chi connectivity index (χ1n) is 3.45. The summed E-state index contributed by atoms with van der Waals surface area (Å²) in [4.78, 5) is 20.4. The third kappa shape index (κ3) is 1.94. The fraction of sp³-hybridized carbons (Fsp3) is 0.429. The van der Waals surface area contributed by atoms with Gasteiger partial charge in [0.25, 0.3) is 0 Å². The molecule has 0 heterocycles. The van der Waals surface area contributed by atoms with E-state index in [9.17, 15) is 9.81 Å². The summed E-state index contributed by atoms with van der Waals surface area (Å²) in [5, 5.41) is 7.46. The minimum absolute atomic E-state index is 0.781. The summed E-state index contributed by atoms with van der Waals surface area (Å²) in [5.41, 5.74) is 0. The van der Waals surface area contributed by atoms with E-state index < -0.39 is 21.9 Å². The van der Waals surface area contributed by atoms with Crippen LogP contribution in [-0.4, -0.2) is 4.56 Å². The number of rotatable bonds is 4. The molecule has 1 aliphatic rings. The van der Waals surface area contributed by atoms with E-state index in [1.165, 1.54) is 3.96 Å². The van der Waals surface area contributed by atoms with E-state index in [0.29, 0.717) is 0 Å². The fourth-order valence-electron chi connectivity index (χ4n) is 0.950. The van der Waals surface area contributed by atoms with Gasteiger partial charge in [-0.1, -0.05) is 0 Å². The van der Waals surface area contributed by atoms with Gasteiger partial charge < -0.3 is 0 Å². The van der Waals surface area contributed by atoms with Gasteiger partial charge >= 0.3 is 76.0 Å². The molecular formula is C7H9N2O2W. The maximum absolute atomic E-state index is 10.2. The van der Waals surface area contributed by atoms with E-state index in [-0.39, 0.29) is 0 Å². The number of hydrogen-bond donors (Lipinski definition) is 0. The van der Waals surface area contributed by atoms with Gasteiger partial charge in [-0.05, 0) is 0 Å². The van der Waals surface area contributed by atoms with Crippen LogP contribution in [0.1, 0.15) is 6.42 Å². The van der Waals surface area contributed by atoms with Crippen molar-refractivity contribution in [3.8, 4) is 0 Å². The van der Waals surface area contributed by atoms with E-state index in [0.717, 1.165) is 6.42 Å². The quantitative estimate of drug-likeness (QED) is 0.740. The van der Waals surface area contributed by atoms with Crippen LogP contribution in [0.15, 0.2) is 32.5 Å². The second-order valence-corrected chi connectivity index (χ2v) is 9.77. The van der Waals surface area contributed by atoms with E-state index in [2.05, 4.69) is 10.4 Å². The van der Waals surface area contributed by atoms with Gasteiger partial charge in [-0.25, -0.2) is 0 Å². The molecule has 0 aromatic carbocycles. The molecule has 1 aliphatic carbocycles. The molecule has 1 rings (SSSR count). The van der Waals surface area contributed by atoms with Crippen LogP contribution >= 0.6 is 0 Å². The zero-order valence-electron chi connectivity index (χ0n) is 6.64. The van der Waals surface area contributed by atoms with Crippen LogP contribution in [0, 0.1) is 9.81 Å². The predicted molar refractivity (Wildman–Crippen MR) is 43.1 cm³/mol. The van der Waals surface area contributed by atoms with Crippen molar-refractivity contribution in [1.82, 2.24) is 0 Å². The zero-order chi connectivity index (χ0) is 8.97. The van der Waals surface area contributed by atoms with Crippen molar-refractivity contribution in [3.63, 3.8) is 0 Å². The van der Waals surface area contributed by atoms with Gasteiger partial charge in [0, 0.05) is 0 Å². The number of allylic oxidation sites excluding steroid dienone is 4. The topological polar surface area (TPSA) is 58.9 Å². The van der Waals surface area contributed by atoms with Crippen molar-refractivity contribution in [2.24, 2.45) is 10.4 Å². The molecule has 0 aromatic rings. The second-order valence-electron chi connectivity index (χ2n) is 2.36. The molecule has 0 radical (unpaired) electrons. The zero-order valence-corrected chi connectivity index (χ0v) is 9.57. The Bertz CT molecular complexity index is 242. The van der Waals surface area contributed by atoms with Crippen LogP contribution < -0.4 is 0 Å². The van der Waals surface area contributed by atoms with E-state index in [4.69, 9.17) is 0 Å². The van der Waals surface area contributed by atoms with Gasteiger partial charge in [-0.2, -0.15) is 0 Å². The van der Waals surface area contributed by atoms with Crippen molar-refractivity contribution >= 4 is 0 Å². The van der Waals surface area contributed by atoms with Gasteiger partial charge in [-0.15, -0.1) is 0 Å². The van der Waals surface area contributed by atoms with Crippen molar-refractivity contribution in [2.45, 2.75) is 16.3 Å². The van der Waals surface area contributed by atoms with Crippen LogP contribution in [0.4, 0.5) is 0 Å². The minimum atomic E-state index is -2.07. The first-order valence-corrected chi connectivity index (χ1v) is 9.54. The van der Waals surface area contributed by atoms with Crippen LogP contribution in [0.2, 0.25) is 5.31 Å². The molecule has 0 N–H and O–H groups in total. The molecule has 5 heteroatoms. The third-order valence-corrected chi connectivity index (χ3v) is 8.60. The Labute approximate surface area is 76.2 Å². The first kappa shape index (κ1) is 9.46. The van der Waals surface area contributed by atoms with E-state index in [1.807, 2.05) is 23.5 Å². The van der Waals surface area contributed by atoms with Crippen molar-refractivity contribution < 1.29 is 17.3 Å². The summed E-state index contributed by atoms with van der Waals surface area (Å²) in [7, 11) is 0. The summed E-state index contributed by atoms with van der Waals surface area (Å²) < 4.78 is 0.454. The van der Waals surface area contributed by atoms with Crippen LogP contribution in [-0.2, 0) is 17.3 Å². The van der Waals surface area contributed by atoms with Gasteiger partial charge in [0.1, 0.15) is 0 Å². The monoisotopic (exact) mass is 337 g/mol. The standard InChI is InChI=1S/C5H5.CHN2O2.CH3.W/c1-2-4-5-3-1;4-2-1-3-5;;/h1-3H,4H2;1H;1H3;. The normalized spacial score (nSPS) is 15.4. The number of hydrogen-bond acceptors (Lipinski definition) is 4. The van der Waals surface area contributed by atoms with Gasteiger partial charge in [0.15, 0.2) is 0 Å². The van der Waals surface area contributed by atoms with Crippen molar-refractivity contribution in [1.29, 1.82) is 0 Å². The molecule has 0 aromatic heterocycles. The summed E-state index contributed by atoms with van der Waals surface area (Å²) in [6.45, 7) is 0. The van der Waals surface area contributed by atoms with Gasteiger partial charge in [-0.3, -0.25) is 0 Å². The van der Waals surface area contributed by atoms with Crippen molar-refractivity contribution in [2.75, 3.05) is 0 Å². The molecule has 0 spiro atoms. The number of nitrogens with zero attached hydrogens (tertiary/aromatic N) is 2. The molecule has 0 amide bonds. The summed E-state index contributed by atoms with van der Waals surface area (Å²) in [6.07, 6.45) is 6.83. The Balaban J connectivity index is 2.62. The average Bonchev–Trinajstić information content (AvgIpc) is 2.58. The maximum atomic E-state index is 10.2. The van der Waals surface area contributed by atoms with E-state index >= 15 is 0 Å². The summed E-state index contributed by atoms with van der Waals surface area (Å²) in [5.74, 6) is 0. The molecule has 4 nitrogen and oxygen atoms in total. The second kappa shape index (κ2) is 4.41. The fourth-order valence-corrected chi connectivity index (χ4v) is 5.19. The molecule has 0 atom stereocenters. The molecule has 0 bridgehead atoms. The Morgan fingerprint density at radius 1 is 1.50 bits per heavy atom. The Kier molecular flexibility index (Phi) is 3.47. The van der Waals surface area contributed by atoms with Crippen LogP contribution in [0.5, 0.6) is 0 Å². The molecule has 0 saturated carbocycles. The molecule has 65 valence electrons. The molecular weight excluding hydrogens is 328 g/mol.